The first-order valence-corrected chi connectivity index (χ1v) is 9.10. The maximum absolute atomic E-state index is 10.9. The van der Waals surface area contributed by atoms with Crippen molar-refractivity contribution in [1.29, 1.82) is 0 Å². The van der Waals surface area contributed by atoms with Crippen LogP contribution in [0.25, 0.3) is 0 Å². The van der Waals surface area contributed by atoms with E-state index in [0.717, 1.165) is 0 Å². The summed E-state index contributed by atoms with van der Waals surface area (Å²) in [6, 6.07) is 0. The lowest BCUT2D eigenvalue weighted by molar-refractivity contribution is -0.353. The van der Waals surface area contributed by atoms with Gasteiger partial charge in [0.25, 0.3) is 0 Å². The number of aliphatic hydroxyl groups is 7. The molecule has 0 bridgehead atoms. The Morgan fingerprint density at radius 1 is 0.778 bits per heavy atom. The van der Waals surface area contributed by atoms with E-state index < -0.39 is 85.0 Å². The molecule has 2 aliphatic rings. The minimum absolute atomic E-state index is 0.786. The van der Waals surface area contributed by atoms with Crippen molar-refractivity contribution in [2.24, 2.45) is 0 Å². The smallest absolute Gasteiger partial charge is 0.394 e. The van der Waals surface area contributed by atoms with Crippen LogP contribution in [-0.4, -0.2) is 123 Å². The molecule has 2 fully saturated rings. The molecule has 0 saturated carbocycles. The van der Waals surface area contributed by atoms with Gasteiger partial charge in [-0.2, -0.15) is 8.42 Å². The zero-order chi connectivity index (χ0) is 20.5. The average molecular weight is 422 g/mol. The van der Waals surface area contributed by atoms with Crippen LogP contribution in [0.3, 0.4) is 0 Å². The van der Waals surface area contributed by atoms with Gasteiger partial charge in [-0.15, -0.1) is 0 Å². The largest absolute Gasteiger partial charge is 0.397 e. The van der Waals surface area contributed by atoms with Gasteiger partial charge in [0.1, 0.15) is 48.8 Å². The fourth-order valence-corrected chi connectivity index (χ4v) is 3.32. The number of ether oxygens (including phenoxy) is 3. The molecule has 0 aromatic heterocycles. The lowest BCUT2D eigenvalue weighted by Gasteiger charge is -2.45. The SMILES string of the molecule is O=S(=O)(O)O[C@H]1[C@@H](O)[C@@H](CO)O[C@H](O[C@@H]2[C@H](O)[C@@H](O)[C@H](O)O[C@@H]2CO)[C@@H]1O. The monoisotopic (exact) mass is 422 g/mol. The Balaban J connectivity index is 2.22. The average Bonchev–Trinajstić information content (AvgIpc) is 2.59. The highest BCUT2D eigenvalue weighted by molar-refractivity contribution is 7.80. The van der Waals surface area contributed by atoms with Gasteiger partial charge in [-0.05, 0) is 0 Å². The number of hydrogen-bond acceptors (Lipinski definition) is 13. The second-order valence-corrected chi connectivity index (χ2v) is 7.07. The summed E-state index contributed by atoms with van der Waals surface area (Å²) in [5.74, 6) is 0. The van der Waals surface area contributed by atoms with E-state index in [9.17, 15) is 44.2 Å². The summed E-state index contributed by atoms with van der Waals surface area (Å²) in [5.41, 5.74) is 0. The van der Waals surface area contributed by atoms with Crippen LogP contribution < -0.4 is 0 Å². The molecule has 15 heteroatoms. The van der Waals surface area contributed by atoms with E-state index in [0.29, 0.717) is 0 Å². The molecular formula is C12H22O14S. The van der Waals surface area contributed by atoms with Crippen LogP contribution in [0, 0.1) is 0 Å². The molecule has 14 nitrogen and oxygen atoms in total. The fourth-order valence-electron chi connectivity index (χ4n) is 2.81. The predicted octanol–water partition coefficient (Wildman–Crippen LogP) is -5.57. The highest BCUT2D eigenvalue weighted by Gasteiger charge is 2.51. The molecule has 2 rings (SSSR count). The molecule has 10 atom stereocenters. The molecule has 0 aromatic rings. The van der Waals surface area contributed by atoms with Gasteiger partial charge in [-0.3, -0.25) is 4.55 Å². The lowest BCUT2D eigenvalue weighted by atomic mass is 9.97. The van der Waals surface area contributed by atoms with E-state index in [1.165, 1.54) is 0 Å². The first kappa shape index (κ1) is 22.8. The zero-order valence-corrected chi connectivity index (χ0v) is 14.4. The van der Waals surface area contributed by atoms with Crippen LogP contribution >= 0.6 is 0 Å². The van der Waals surface area contributed by atoms with Crippen LogP contribution in [0.4, 0.5) is 0 Å². The van der Waals surface area contributed by atoms with Gasteiger partial charge in [0.15, 0.2) is 12.6 Å². The van der Waals surface area contributed by atoms with E-state index in [1.54, 1.807) is 0 Å². The number of aliphatic hydroxyl groups excluding tert-OH is 7. The predicted molar refractivity (Wildman–Crippen MR) is 79.0 cm³/mol. The standard InChI is InChI=1S/C12H22O14S/c13-1-3-5(15)10(26-27(20,21)22)8(18)12(24-3)25-9-4(2-14)23-11(19)7(17)6(9)16/h3-19H,1-2H2,(H,20,21,22)/t3-,4-,5+,6-,7-,8-,9+,10+,11-,12-/m1/s1. The third-order valence-corrected chi connectivity index (χ3v) is 4.65. The Morgan fingerprint density at radius 3 is 1.89 bits per heavy atom. The molecule has 0 spiro atoms. The molecule has 0 aliphatic carbocycles. The number of hydrogen-bond donors (Lipinski definition) is 8. The minimum atomic E-state index is -5.12. The van der Waals surface area contributed by atoms with E-state index >= 15 is 0 Å². The molecule has 0 aromatic carbocycles. The van der Waals surface area contributed by atoms with Gasteiger partial charge in [0.05, 0.1) is 13.2 Å². The van der Waals surface area contributed by atoms with Crippen LogP contribution in [0.5, 0.6) is 0 Å². The Morgan fingerprint density at radius 2 is 1.37 bits per heavy atom. The highest BCUT2D eigenvalue weighted by atomic mass is 32.3. The van der Waals surface area contributed by atoms with E-state index in [2.05, 4.69) is 4.18 Å². The summed E-state index contributed by atoms with van der Waals surface area (Å²) >= 11 is 0. The van der Waals surface area contributed by atoms with Crippen molar-refractivity contribution >= 4 is 10.4 Å². The van der Waals surface area contributed by atoms with Crippen LogP contribution in [0.1, 0.15) is 0 Å². The Hall–Kier alpha value is -0.530. The lowest BCUT2D eigenvalue weighted by Crippen LogP contribution is -2.65. The van der Waals surface area contributed by atoms with Gasteiger partial charge < -0.3 is 50.0 Å². The first-order valence-electron chi connectivity index (χ1n) is 7.74. The normalized spacial score (nSPS) is 46.4. The summed E-state index contributed by atoms with van der Waals surface area (Å²) in [5, 5.41) is 67.8. The van der Waals surface area contributed by atoms with Crippen LogP contribution in [-0.2, 0) is 28.8 Å². The molecule has 0 radical (unpaired) electrons. The topological polar surface area (TPSA) is 233 Å². The van der Waals surface area contributed by atoms with Gasteiger partial charge in [0, 0.05) is 0 Å². The second-order valence-electron chi connectivity index (χ2n) is 6.02. The molecule has 0 unspecified atom stereocenters. The molecular weight excluding hydrogens is 400 g/mol. The Labute approximate surface area is 153 Å². The van der Waals surface area contributed by atoms with E-state index in [1.807, 2.05) is 0 Å². The minimum Gasteiger partial charge on any atom is -0.394 e. The van der Waals surface area contributed by atoms with Crippen molar-refractivity contribution in [3.05, 3.63) is 0 Å². The van der Waals surface area contributed by atoms with Crippen molar-refractivity contribution in [1.82, 2.24) is 0 Å². The maximum atomic E-state index is 10.9. The quantitative estimate of drug-likeness (QED) is 0.186. The van der Waals surface area contributed by atoms with Crippen molar-refractivity contribution in [2.45, 2.75) is 61.4 Å². The zero-order valence-electron chi connectivity index (χ0n) is 13.6. The molecule has 2 heterocycles. The third-order valence-electron chi connectivity index (χ3n) is 4.19. The van der Waals surface area contributed by atoms with Crippen molar-refractivity contribution in [3.8, 4) is 0 Å². The van der Waals surface area contributed by atoms with Crippen LogP contribution in [0.15, 0.2) is 0 Å². The summed E-state index contributed by atoms with van der Waals surface area (Å²) < 4.78 is 50.0. The summed E-state index contributed by atoms with van der Waals surface area (Å²) in [6.07, 6.45) is -17.8. The molecule has 160 valence electrons. The van der Waals surface area contributed by atoms with Crippen molar-refractivity contribution in [3.63, 3.8) is 0 Å². The molecule has 2 aliphatic heterocycles. The second kappa shape index (κ2) is 8.87. The van der Waals surface area contributed by atoms with Gasteiger partial charge in [-0.25, -0.2) is 4.18 Å². The Kier molecular flexibility index (Phi) is 7.47. The van der Waals surface area contributed by atoms with E-state index in [4.69, 9.17) is 18.8 Å². The maximum Gasteiger partial charge on any atom is 0.397 e. The third kappa shape index (κ3) is 5.10. The first-order chi connectivity index (χ1) is 12.5. The van der Waals surface area contributed by atoms with Crippen LogP contribution in [0.2, 0.25) is 0 Å². The van der Waals surface area contributed by atoms with Crippen molar-refractivity contribution in [2.75, 3.05) is 13.2 Å². The number of rotatable bonds is 6. The highest BCUT2D eigenvalue weighted by Crippen LogP contribution is 2.30. The fraction of sp³-hybridized carbons (Fsp3) is 1.00. The molecule has 8 N–H and O–H groups in total. The summed E-state index contributed by atoms with van der Waals surface area (Å²) in [7, 11) is -5.12. The van der Waals surface area contributed by atoms with Gasteiger partial charge in [-0.1, -0.05) is 0 Å². The molecule has 27 heavy (non-hydrogen) atoms. The molecule has 0 amide bonds. The Bertz CT molecular complexity index is 583. The molecule has 2 saturated heterocycles. The van der Waals surface area contributed by atoms with Gasteiger partial charge in [0.2, 0.25) is 0 Å². The van der Waals surface area contributed by atoms with E-state index in [-0.39, 0.29) is 0 Å². The summed E-state index contributed by atoms with van der Waals surface area (Å²) in [6.45, 7) is -1.65. The van der Waals surface area contributed by atoms with Gasteiger partial charge >= 0.3 is 10.4 Å². The summed E-state index contributed by atoms with van der Waals surface area (Å²) in [4.78, 5) is 0. The van der Waals surface area contributed by atoms with Crippen molar-refractivity contribution < 1.29 is 67.1 Å².